The van der Waals surface area contributed by atoms with Crippen molar-refractivity contribution in [3.8, 4) is 23.1 Å². The number of fused-ring (bicyclic) bond motifs is 1. The third-order valence-electron chi connectivity index (χ3n) is 5.41. The summed E-state index contributed by atoms with van der Waals surface area (Å²) in [5.41, 5.74) is 3.25. The summed E-state index contributed by atoms with van der Waals surface area (Å²) in [5.74, 6) is 0.982. The second kappa shape index (κ2) is 8.59. The molecule has 0 aliphatic rings. The maximum Gasteiger partial charge on any atom is 0.265 e. The summed E-state index contributed by atoms with van der Waals surface area (Å²) in [6.45, 7) is 3.89. The van der Waals surface area contributed by atoms with Gasteiger partial charge in [0.15, 0.2) is 0 Å². The zero-order chi connectivity index (χ0) is 22.8. The van der Waals surface area contributed by atoms with E-state index in [-0.39, 0.29) is 11.4 Å². The summed E-state index contributed by atoms with van der Waals surface area (Å²) in [6.07, 6.45) is 1.56. The number of aromatic hydroxyl groups is 1. The topological polar surface area (TPSA) is 73.0 Å². The van der Waals surface area contributed by atoms with E-state index in [1.165, 1.54) is 4.57 Å². The Hall–Kier alpha value is -4.06. The third-order valence-corrected chi connectivity index (χ3v) is 5.41. The summed E-state index contributed by atoms with van der Waals surface area (Å²) >= 11 is 0. The minimum absolute atomic E-state index is 0.182. The Kier molecular flexibility index (Phi) is 5.69. The van der Waals surface area contributed by atoms with Crippen molar-refractivity contribution >= 4 is 22.7 Å². The predicted molar refractivity (Wildman–Crippen MR) is 127 cm³/mol. The molecule has 0 aliphatic carbocycles. The Balaban J connectivity index is 2.03. The van der Waals surface area contributed by atoms with Crippen LogP contribution in [0.3, 0.4) is 0 Å². The van der Waals surface area contributed by atoms with E-state index in [1.54, 1.807) is 38.6 Å². The van der Waals surface area contributed by atoms with Crippen LogP contribution in [0, 0.1) is 13.8 Å². The van der Waals surface area contributed by atoms with Crippen molar-refractivity contribution in [2.75, 3.05) is 14.2 Å². The molecule has 6 heteroatoms. The molecule has 6 nitrogen and oxygen atoms in total. The van der Waals surface area contributed by atoms with Gasteiger partial charge in [-0.25, -0.2) is 4.57 Å². The van der Waals surface area contributed by atoms with Gasteiger partial charge in [-0.05, 0) is 55.8 Å². The lowest BCUT2D eigenvalue weighted by Crippen LogP contribution is -2.21. The van der Waals surface area contributed by atoms with E-state index in [4.69, 9.17) is 9.47 Å². The molecular weight excluding hydrogens is 404 g/mol. The highest BCUT2D eigenvalue weighted by Crippen LogP contribution is 2.31. The maximum absolute atomic E-state index is 13.5. The van der Waals surface area contributed by atoms with Crippen LogP contribution in [0.5, 0.6) is 17.4 Å². The number of aliphatic imine (C=N–C) groups is 1. The average molecular weight is 428 g/mol. The van der Waals surface area contributed by atoms with Gasteiger partial charge in [-0.2, -0.15) is 0 Å². The summed E-state index contributed by atoms with van der Waals surface area (Å²) in [5, 5.41) is 12.3. The Morgan fingerprint density at radius 1 is 0.938 bits per heavy atom. The number of methoxy groups -OCH3 is 2. The SMILES string of the molecule is COc1ccc2c(C=Nc3ccccc3OC)c(O)n(-c3ccc(C)cc3C)c(=O)c2c1. The van der Waals surface area contributed by atoms with Crippen LogP contribution in [0.4, 0.5) is 5.69 Å². The molecule has 1 aromatic heterocycles. The highest BCUT2D eigenvalue weighted by molar-refractivity contribution is 6.03. The van der Waals surface area contributed by atoms with Crippen LogP contribution in [0.2, 0.25) is 0 Å². The van der Waals surface area contributed by atoms with Gasteiger partial charge in [0.05, 0.1) is 30.9 Å². The predicted octanol–water partition coefficient (Wildman–Crippen LogP) is 5.08. The van der Waals surface area contributed by atoms with E-state index < -0.39 is 0 Å². The fourth-order valence-electron chi connectivity index (χ4n) is 3.80. The van der Waals surface area contributed by atoms with Crippen molar-refractivity contribution in [3.63, 3.8) is 0 Å². The lowest BCUT2D eigenvalue weighted by Gasteiger charge is -2.16. The maximum atomic E-state index is 13.5. The third kappa shape index (κ3) is 3.71. The lowest BCUT2D eigenvalue weighted by atomic mass is 10.1. The number of hydrogen-bond donors (Lipinski definition) is 1. The molecule has 0 spiro atoms. The van der Waals surface area contributed by atoms with Crippen LogP contribution in [0.25, 0.3) is 16.5 Å². The monoisotopic (exact) mass is 428 g/mol. The summed E-state index contributed by atoms with van der Waals surface area (Å²) in [4.78, 5) is 18.0. The number of aryl methyl sites for hydroxylation is 2. The van der Waals surface area contributed by atoms with Crippen LogP contribution in [-0.2, 0) is 0 Å². The minimum Gasteiger partial charge on any atom is -0.497 e. The Labute approximate surface area is 186 Å². The quantitative estimate of drug-likeness (QED) is 0.450. The van der Waals surface area contributed by atoms with E-state index in [0.29, 0.717) is 39.2 Å². The van der Waals surface area contributed by atoms with Gasteiger partial charge >= 0.3 is 0 Å². The molecule has 0 radical (unpaired) electrons. The van der Waals surface area contributed by atoms with E-state index >= 15 is 0 Å². The van der Waals surface area contributed by atoms with Crippen molar-refractivity contribution in [1.82, 2.24) is 4.57 Å². The molecule has 4 aromatic rings. The molecular formula is C26H24N2O4. The number of nitrogens with zero attached hydrogens (tertiary/aromatic N) is 2. The molecule has 3 aromatic carbocycles. The van der Waals surface area contributed by atoms with Crippen LogP contribution in [0.15, 0.2) is 70.5 Å². The first-order valence-corrected chi connectivity index (χ1v) is 10.1. The number of pyridine rings is 1. The molecule has 1 N–H and O–H groups in total. The highest BCUT2D eigenvalue weighted by Gasteiger charge is 2.18. The summed E-state index contributed by atoms with van der Waals surface area (Å²) in [7, 11) is 3.13. The molecule has 0 atom stereocenters. The molecule has 0 fully saturated rings. The van der Waals surface area contributed by atoms with Gasteiger partial charge in [0.1, 0.15) is 17.2 Å². The van der Waals surface area contributed by atoms with E-state index in [1.807, 2.05) is 56.3 Å². The minimum atomic E-state index is -0.335. The van der Waals surface area contributed by atoms with Crippen molar-refractivity contribution in [2.45, 2.75) is 13.8 Å². The Bertz CT molecular complexity index is 1400. The van der Waals surface area contributed by atoms with Gasteiger partial charge in [0, 0.05) is 11.6 Å². The first-order valence-electron chi connectivity index (χ1n) is 10.1. The zero-order valence-corrected chi connectivity index (χ0v) is 18.4. The molecule has 1 heterocycles. The Morgan fingerprint density at radius 2 is 1.72 bits per heavy atom. The summed E-state index contributed by atoms with van der Waals surface area (Å²) < 4.78 is 12.0. The molecule has 32 heavy (non-hydrogen) atoms. The van der Waals surface area contributed by atoms with Gasteiger partial charge < -0.3 is 14.6 Å². The molecule has 0 aliphatic heterocycles. The van der Waals surface area contributed by atoms with Gasteiger partial charge in [-0.3, -0.25) is 9.79 Å². The fourth-order valence-corrected chi connectivity index (χ4v) is 3.80. The number of rotatable bonds is 5. The van der Waals surface area contributed by atoms with E-state index in [9.17, 15) is 9.90 Å². The number of aromatic nitrogens is 1. The molecule has 0 unspecified atom stereocenters. The average Bonchev–Trinajstić information content (AvgIpc) is 2.80. The fraction of sp³-hybridized carbons (Fsp3) is 0.154. The molecule has 4 rings (SSSR count). The summed E-state index contributed by atoms with van der Waals surface area (Å²) in [6, 6.07) is 18.2. The number of benzene rings is 3. The molecule has 0 saturated heterocycles. The van der Waals surface area contributed by atoms with Crippen LogP contribution >= 0.6 is 0 Å². The largest absolute Gasteiger partial charge is 0.497 e. The van der Waals surface area contributed by atoms with Crippen molar-refractivity contribution in [1.29, 1.82) is 0 Å². The first-order chi connectivity index (χ1) is 15.4. The number of para-hydroxylation sites is 2. The first kappa shape index (κ1) is 21.2. The second-order valence-corrected chi connectivity index (χ2v) is 7.51. The molecule has 0 bridgehead atoms. The van der Waals surface area contributed by atoms with Gasteiger partial charge in [0.2, 0.25) is 5.88 Å². The smallest absolute Gasteiger partial charge is 0.265 e. The normalized spacial score (nSPS) is 11.2. The van der Waals surface area contributed by atoms with Crippen LogP contribution < -0.4 is 15.0 Å². The van der Waals surface area contributed by atoms with Crippen molar-refractivity contribution in [3.05, 3.63) is 87.7 Å². The number of hydrogen-bond acceptors (Lipinski definition) is 5. The number of ether oxygens (including phenoxy) is 2. The van der Waals surface area contributed by atoms with E-state index in [2.05, 4.69) is 4.99 Å². The highest BCUT2D eigenvalue weighted by atomic mass is 16.5. The van der Waals surface area contributed by atoms with Crippen LogP contribution in [-0.4, -0.2) is 30.1 Å². The van der Waals surface area contributed by atoms with Gasteiger partial charge in [-0.15, -0.1) is 0 Å². The second-order valence-electron chi connectivity index (χ2n) is 7.51. The van der Waals surface area contributed by atoms with Crippen molar-refractivity contribution in [2.24, 2.45) is 4.99 Å². The zero-order valence-electron chi connectivity index (χ0n) is 18.4. The standard InChI is InChI=1S/C26H24N2O4/c1-16-9-12-23(17(2)13-16)28-25(29)20-14-18(31-3)10-11-19(20)21(26(28)30)15-27-22-7-5-6-8-24(22)32-4/h5-15,30H,1-4H3. The Morgan fingerprint density at radius 3 is 2.44 bits per heavy atom. The molecule has 162 valence electrons. The molecule has 0 saturated carbocycles. The molecule has 0 amide bonds. The van der Waals surface area contributed by atoms with E-state index in [0.717, 1.165) is 11.1 Å². The van der Waals surface area contributed by atoms with Crippen LogP contribution in [0.1, 0.15) is 16.7 Å². The van der Waals surface area contributed by atoms with Crippen molar-refractivity contribution < 1.29 is 14.6 Å². The van der Waals surface area contributed by atoms with Gasteiger partial charge in [0.25, 0.3) is 5.56 Å². The van der Waals surface area contributed by atoms with Gasteiger partial charge in [-0.1, -0.05) is 29.8 Å². The lowest BCUT2D eigenvalue weighted by molar-refractivity contribution is 0.415.